The zero-order valence-corrected chi connectivity index (χ0v) is 17.1. The molecular weight excluding hydrogens is 387 g/mol. The quantitative estimate of drug-likeness (QED) is 0.635. The highest BCUT2D eigenvalue weighted by molar-refractivity contribution is 7.90. The van der Waals surface area contributed by atoms with Crippen LogP contribution in [-0.2, 0) is 10.0 Å². The maximum Gasteiger partial charge on any atom is 0.268 e. The first kappa shape index (κ1) is 18.6. The van der Waals surface area contributed by atoms with E-state index in [9.17, 15) is 12.8 Å². The summed E-state index contributed by atoms with van der Waals surface area (Å²) in [5.74, 6) is -0.358. The molecule has 3 aromatic rings. The number of fused-ring (bicyclic) bond motifs is 2. The number of benzene rings is 2. The van der Waals surface area contributed by atoms with E-state index < -0.39 is 10.0 Å². The molecule has 4 nitrogen and oxygen atoms in total. The summed E-state index contributed by atoms with van der Waals surface area (Å²) in [6, 6.07) is 11.6. The standard InChI is InChI=1S/C23H23FN2O2S/c1-16-4-7-20(8-5-16)29(27,28)26-15-22(21-14-18(24)6-9-23(21)26)17-10-12-25-11-2-3-19(25)13-17/h4-10,14-15,19H,2-3,11-13H2,1H3/t19-/m0/s1. The lowest BCUT2D eigenvalue weighted by molar-refractivity contribution is 0.275. The molecule has 0 spiro atoms. The summed E-state index contributed by atoms with van der Waals surface area (Å²) < 4.78 is 42.1. The molecule has 0 saturated carbocycles. The van der Waals surface area contributed by atoms with Crippen LogP contribution in [0.2, 0.25) is 0 Å². The lowest BCUT2D eigenvalue weighted by Crippen LogP contribution is -2.32. The molecule has 5 rings (SSSR count). The summed E-state index contributed by atoms with van der Waals surface area (Å²) in [5, 5.41) is 0.651. The van der Waals surface area contributed by atoms with Gasteiger partial charge in [-0.05, 0) is 68.6 Å². The first-order valence-corrected chi connectivity index (χ1v) is 11.4. The van der Waals surface area contributed by atoms with Gasteiger partial charge in [-0.25, -0.2) is 16.8 Å². The highest BCUT2D eigenvalue weighted by Crippen LogP contribution is 2.37. The number of aryl methyl sites for hydroxylation is 1. The molecule has 0 bridgehead atoms. The molecule has 1 aromatic heterocycles. The van der Waals surface area contributed by atoms with Crippen LogP contribution in [0.1, 0.15) is 30.4 Å². The third kappa shape index (κ3) is 3.11. The Labute approximate surface area is 170 Å². The fourth-order valence-electron chi connectivity index (χ4n) is 4.60. The molecule has 1 saturated heterocycles. The van der Waals surface area contributed by atoms with E-state index in [1.165, 1.54) is 22.5 Å². The van der Waals surface area contributed by atoms with E-state index >= 15 is 0 Å². The summed E-state index contributed by atoms with van der Waals surface area (Å²) in [7, 11) is -3.77. The first-order chi connectivity index (χ1) is 13.9. The predicted octanol–water partition coefficient (Wildman–Crippen LogP) is 4.58. The van der Waals surface area contributed by atoms with Crippen molar-refractivity contribution < 1.29 is 12.8 Å². The monoisotopic (exact) mass is 410 g/mol. The second-order valence-corrected chi connectivity index (χ2v) is 9.86. The fraction of sp³-hybridized carbons (Fsp3) is 0.304. The molecule has 3 heterocycles. The summed E-state index contributed by atoms with van der Waals surface area (Å²) in [5.41, 5.74) is 3.44. The predicted molar refractivity (Wildman–Crippen MR) is 113 cm³/mol. The third-order valence-electron chi connectivity index (χ3n) is 6.18. The lowest BCUT2D eigenvalue weighted by Gasteiger charge is -2.29. The molecule has 0 unspecified atom stereocenters. The van der Waals surface area contributed by atoms with E-state index in [0.29, 0.717) is 16.9 Å². The molecule has 0 aliphatic carbocycles. The second kappa shape index (κ2) is 6.82. The smallest absolute Gasteiger partial charge is 0.268 e. The number of hydrogen-bond acceptors (Lipinski definition) is 3. The molecule has 0 radical (unpaired) electrons. The van der Waals surface area contributed by atoms with Crippen molar-refractivity contribution in [2.24, 2.45) is 0 Å². The van der Waals surface area contributed by atoms with Crippen LogP contribution in [0.25, 0.3) is 16.5 Å². The molecule has 1 atom stereocenters. The fourth-order valence-corrected chi connectivity index (χ4v) is 5.97. The van der Waals surface area contributed by atoms with Crippen molar-refractivity contribution in [3.05, 3.63) is 71.7 Å². The van der Waals surface area contributed by atoms with Crippen LogP contribution in [0.4, 0.5) is 4.39 Å². The van der Waals surface area contributed by atoms with Crippen molar-refractivity contribution in [1.82, 2.24) is 8.87 Å². The Bertz CT molecular complexity index is 1230. The van der Waals surface area contributed by atoms with Gasteiger partial charge < -0.3 is 0 Å². The lowest BCUT2D eigenvalue weighted by atomic mass is 9.94. The highest BCUT2D eigenvalue weighted by atomic mass is 32.2. The van der Waals surface area contributed by atoms with Gasteiger partial charge in [0.2, 0.25) is 0 Å². The van der Waals surface area contributed by atoms with Crippen molar-refractivity contribution in [2.45, 2.75) is 37.1 Å². The van der Waals surface area contributed by atoms with E-state index in [4.69, 9.17) is 0 Å². The SMILES string of the molecule is Cc1ccc(S(=O)(=O)n2cc(C3=CCN4CCC[C@H]4C3)c3cc(F)ccc32)cc1. The first-order valence-electron chi connectivity index (χ1n) is 10.00. The van der Waals surface area contributed by atoms with Crippen molar-refractivity contribution in [2.75, 3.05) is 13.1 Å². The van der Waals surface area contributed by atoms with Crippen molar-refractivity contribution in [1.29, 1.82) is 0 Å². The third-order valence-corrected chi connectivity index (χ3v) is 7.87. The van der Waals surface area contributed by atoms with Gasteiger partial charge in [-0.2, -0.15) is 0 Å². The normalized spacial score (nSPS) is 20.1. The Kier molecular flexibility index (Phi) is 4.37. The van der Waals surface area contributed by atoms with Crippen LogP contribution in [0.3, 0.4) is 0 Å². The molecular formula is C23H23FN2O2S. The molecule has 0 amide bonds. The zero-order valence-electron chi connectivity index (χ0n) is 16.3. The van der Waals surface area contributed by atoms with Crippen molar-refractivity contribution >= 4 is 26.5 Å². The van der Waals surface area contributed by atoms with Crippen LogP contribution in [-0.4, -0.2) is 36.4 Å². The van der Waals surface area contributed by atoms with E-state index in [1.54, 1.807) is 36.5 Å². The molecule has 2 aromatic carbocycles. The van der Waals surface area contributed by atoms with Crippen LogP contribution in [0.15, 0.2) is 59.6 Å². The Morgan fingerprint density at radius 2 is 1.90 bits per heavy atom. The summed E-state index contributed by atoms with van der Waals surface area (Å²) in [6.45, 7) is 3.91. The number of nitrogens with zero attached hydrogens (tertiary/aromatic N) is 2. The average molecular weight is 411 g/mol. The maximum absolute atomic E-state index is 14.1. The van der Waals surface area contributed by atoms with Gasteiger partial charge in [-0.3, -0.25) is 4.90 Å². The van der Waals surface area contributed by atoms with Crippen LogP contribution < -0.4 is 0 Å². The molecule has 150 valence electrons. The van der Waals surface area contributed by atoms with Gasteiger partial charge >= 0.3 is 0 Å². The van der Waals surface area contributed by atoms with E-state index in [-0.39, 0.29) is 10.7 Å². The summed E-state index contributed by atoms with van der Waals surface area (Å²) >= 11 is 0. The molecule has 2 aliphatic rings. The van der Waals surface area contributed by atoms with Gasteiger partial charge in [0, 0.05) is 29.7 Å². The average Bonchev–Trinajstić information content (AvgIpc) is 3.32. The van der Waals surface area contributed by atoms with Gasteiger partial charge in [0.05, 0.1) is 10.4 Å². The topological polar surface area (TPSA) is 42.3 Å². The van der Waals surface area contributed by atoms with Gasteiger partial charge in [0.15, 0.2) is 0 Å². The Balaban J connectivity index is 1.67. The minimum atomic E-state index is -3.77. The largest absolute Gasteiger partial charge is 0.296 e. The second-order valence-electron chi connectivity index (χ2n) is 8.04. The Morgan fingerprint density at radius 1 is 1.10 bits per heavy atom. The minimum absolute atomic E-state index is 0.232. The van der Waals surface area contributed by atoms with Gasteiger partial charge in [-0.1, -0.05) is 23.8 Å². The summed E-state index contributed by atoms with van der Waals surface area (Å²) in [4.78, 5) is 2.70. The zero-order chi connectivity index (χ0) is 20.2. The van der Waals surface area contributed by atoms with Gasteiger partial charge in [0.1, 0.15) is 5.82 Å². The van der Waals surface area contributed by atoms with Crippen molar-refractivity contribution in [3.8, 4) is 0 Å². The molecule has 29 heavy (non-hydrogen) atoms. The van der Waals surface area contributed by atoms with Crippen LogP contribution in [0.5, 0.6) is 0 Å². The van der Waals surface area contributed by atoms with Crippen LogP contribution in [0, 0.1) is 12.7 Å². The van der Waals surface area contributed by atoms with Gasteiger partial charge in [-0.15, -0.1) is 0 Å². The Hall–Kier alpha value is -2.44. The van der Waals surface area contributed by atoms with Crippen LogP contribution >= 0.6 is 0 Å². The highest BCUT2D eigenvalue weighted by Gasteiger charge is 2.30. The summed E-state index contributed by atoms with van der Waals surface area (Å²) in [6.07, 6.45) is 7.08. The van der Waals surface area contributed by atoms with E-state index in [0.717, 1.165) is 42.6 Å². The molecule has 1 fully saturated rings. The number of aromatic nitrogens is 1. The van der Waals surface area contributed by atoms with E-state index in [2.05, 4.69) is 11.0 Å². The Morgan fingerprint density at radius 3 is 2.69 bits per heavy atom. The minimum Gasteiger partial charge on any atom is -0.296 e. The number of hydrogen-bond donors (Lipinski definition) is 0. The maximum atomic E-state index is 14.1. The molecule has 0 N–H and O–H groups in total. The van der Waals surface area contributed by atoms with Gasteiger partial charge in [0.25, 0.3) is 10.0 Å². The number of rotatable bonds is 3. The van der Waals surface area contributed by atoms with E-state index in [1.807, 2.05) is 6.92 Å². The van der Waals surface area contributed by atoms with Crippen molar-refractivity contribution in [3.63, 3.8) is 0 Å². The molecule has 2 aliphatic heterocycles. The number of halogens is 1. The molecule has 6 heteroatoms.